The molecule has 0 radical (unpaired) electrons. The number of esters is 1. The molecular formula is C17H24N2O6S. The molecule has 1 aliphatic rings. The number of amides is 1. The molecule has 1 fully saturated rings. The predicted octanol–water partition coefficient (Wildman–Crippen LogP) is 1.34. The average Bonchev–Trinajstić information content (AvgIpc) is 2.61. The summed E-state index contributed by atoms with van der Waals surface area (Å²) in [5.74, 6) is -1.12. The number of rotatable bonds is 6. The standard InChI is InChI=1S/C17H24N2O6S/c1-11(16(20)19-12-6-4-3-5-7-12)25-17(21)14-10-13(26(18,22)23)8-9-15(14)24-2/h8-12H,3-7H2,1-2H3,(H,19,20)(H2,18,22,23)/t11-/m0/s1. The number of methoxy groups -OCH3 is 1. The molecule has 1 amide bonds. The maximum atomic E-state index is 12.4. The van der Waals surface area contributed by atoms with E-state index in [-0.39, 0.29) is 28.2 Å². The number of nitrogens with two attached hydrogens (primary N) is 1. The van der Waals surface area contributed by atoms with E-state index in [2.05, 4.69) is 5.32 Å². The third-order valence-corrected chi connectivity index (χ3v) is 5.23. The fourth-order valence-electron chi connectivity index (χ4n) is 2.87. The first-order valence-electron chi connectivity index (χ1n) is 8.44. The van der Waals surface area contributed by atoms with Crippen molar-refractivity contribution >= 4 is 21.9 Å². The number of carbonyl (C=O) groups is 2. The van der Waals surface area contributed by atoms with E-state index in [1.165, 1.54) is 26.2 Å². The van der Waals surface area contributed by atoms with Crippen molar-refractivity contribution in [2.24, 2.45) is 5.14 Å². The second-order valence-corrected chi connectivity index (χ2v) is 7.86. The van der Waals surface area contributed by atoms with E-state index >= 15 is 0 Å². The summed E-state index contributed by atoms with van der Waals surface area (Å²) in [6, 6.07) is 3.70. The maximum absolute atomic E-state index is 12.4. The van der Waals surface area contributed by atoms with Crippen LogP contribution in [0.15, 0.2) is 23.1 Å². The van der Waals surface area contributed by atoms with E-state index < -0.39 is 22.1 Å². The second kappa shape index (κ2) is 8.50. The highest BCUT2D eigenvalue weighted by molar-refractivity contribution is 7.89. The lowest BCUT2D eigenvalue weighted by Crippen LogP contribution is -2.42. The van der Waals surface area contributed by atoms with Crippen LogP contribution in [0.1, 0.15) is 49.4 Å². The van der Waals surface area contributed by atoms with Gasteiger partial charge in [-0.2, -0.15) is 0 Å². The number of nitrogens with one attached hydrogen (secondary N) is 1. The van der Waals surface area contributed by atoms with Gasteiger partial charge in [-0.3, -0.25) is 4.79 Å². The van der Waals surface area contributed by atoms with Crippen molar-refractivity contribution < 1.29 is 27.5 Å². The van der Waals surface area contributed by atoms with Crippen LogP contribution in [0.4, 0.5) is 0 Å². The molecule has 144 valence electrons. The quantitative estimate of drug-likeness (QED) is 0.713. The van der Waals surface area contributed by atoms with Gasteiger partial charge in [0.05, 0.1) is 12.0 Å². The molecule has 3 N–H and O–H groups in total. The van der Waals surface area contributed by atoms with Crippen LogP contribution in [0, 0.1) is 0 Å². The third kappa shape index (κ3) is 5.18. The summed E-state index contributed by atoms with van der Waals surface area (Å²) >= 11 is 0. The highest BCUT2D eigenvalue weighted by Gasteiger charge is 2.25. The van der Waals surface area contributed by atoms with Gasteiger partial charge in [0.2, 0.25) is 10.0 Å². The SMILES string of the molecule is COc1ccc(S(N)(=O)=O)cc1C(=O)O[C@@H](C)C(=O)NC1CCCCC1. The van der Waals surface area contributed by atoms with Crippen molar-refractivity contribution in [2.45, 2.75) is 56.1 Å². The fraction of sp³-hybridized carbons (Fsp3) is 0.529. The Labute approximate surface area is 153 Å². The molecule has 0 aliphatic heterocycles. The molecule has 1 aromatic rings. The fourth-order valence-corrected chi connectivity index (χ4v) is 3.41. The van der Waals surface area contributed by atoms with E-state index in [0.717, 1.165) is 38.2 Å². The molecule has 1 saturated carbocycles. The lowest BCUT2D eigenvalue weighted by Gasteiger charge is -2.24. The van der Waals surface area contributed by atoms with Gasteiger partial charge in [0.15, 0.2) is 6.10 Å². The number of primary sulfonamides is 1. The Hall–Kier alpha value is -2.13. The van der Waals surface area contributed by atoms with Crippen molar-refractivity contribution in [1.29, 1.82) is 0 Å². The second-order valence-electron chi connectivity index (χ2n) is 6.30. The van der Waals surface area contributed by atoms with Crippen LogP contribution >= 0.6 is 0 Å². The summed E-state index contributed by atoms with van der Waals surface area (Å²) in [6.45, 7) is 1.46. The Morgan fingerprint density at radius 3 is 2.46 bits per heavy atom. The van der Waals surface area contributed by atoms with Crippen molar-refractivity contribution in [3.8, 4) is 5.75 Å². The number of hydrogen-bond donors (Lipinski definition) is 2. The van der Waals surface area contributed by atoms with Gasteiger partial charge in [0.1, 0.15) is 11.3 Å². The number of hydrogen-bond acceptors (Lipinski definition) is 6. The first-order valence-corrected chi connectivity index (χ1v) is 9.99. The maximum Gasteiger partial charge on any atom is 0.342 e. The summed E-state index contributed by atoms with van der Waals surface area (Å²) in [6.07, 6.45) is 4.10. The highest BCUT2D eigenvalue weighted by Crippen LogP contribution is 2.23. The largest absolute Gasteiger partial charge is 0.496 e. The molecule has 0 unspecified atom stereocenters. The van der Waals surface area contributed by atoms with Gasteiger partial charge >= 0.3 is 5.97 Å². The molecule has 1 atom stereocenters. The summed E-state index contributed by atoms with van der Waals surface area (Å²) in [7, 11) is -2.66. The molecule has 0 aromatic heterocycles. The molecule has 0 spiro atoms. The molecule has 8 nitrogen and oxygen atoms in total. The van der Waals surface area contributed by atoms with Crippen LogP contribution in [0.2, 0.25) is 0 Å². The van der Waals surface area contributed by atoms with Crippen LogP contribution in [0.5, 0.6) is 5.75 Å². The molecular weight excluding hydrogens is 360 g/mol. The molecule has 1 aliphatic carbocycles. The summed E-state index contributed by atoms with van der Waals surface area (Å²) in [5.41, 5.74) is -0.114. The highest BCUT2D eigenvalue weighted by atomic mass is 32.2. The van der Waals surface area contributed by atoms with Crippen molar-refractivity contribution in [3.05, 3.63) is 23.8 Å². The van der Waals surface area contributed by atoms with Crippen molar-refractivity contribution in [2.75, 3.05) is 7.11 Å². The lowest BCUT2D eigenvalue weighted by atomic mass is 9.95. The van der Waals surface area contributed by atoms with Gasteiger partial charge in [-0.25, -0.2) is 18.4 Å². The molecule has 1 aromatic carbocycles. The minimum absolute atomic E-state index is 0.0950. The minimum Gasteiger partial charge on any atom is -0.496 e. The predicted molar refractivity (Wildman–Crippen MR) is 94.3 cm³/mol. The van der Waals surface area contributed by atoms with E-state index in [1.54, 1.807) is 0 Å². The van der Waals surface area contributed by atoms with Gasteiger partial charge in [-0.15, -0.1) is 0 Å². The third-order valence-electron chi connectivity index (χ3n) is 4.32. The van der Waals surface area contributed by atoms with E-state index in [4.69, 9.17) is 14.6 Å². The number of ether oxygens (including phenoxy) is 2. The minimum atomic E-state index is -3.99. The Balaban J connectivity index is 2.09. The Morgan fingerprint density at radius 1 is 1.23 bits per heavy atom. The van der Waals surface area contributed by atoms with Crippen LogP contribution in [-0.4, -0.2) is 39.5 Å². The monoisotopic (exact) mass is 384 g/mol. The number of benzene rings is 1. The van der Waals surface area contributed by atoms with Crippen LogP contribution < -0.4 is 15.2 Å². The summed E-state index contributed by atoms with van der Waals surface area (Å²) < 4.78 is 33.2. The summed E-state index contributed by atoms with van der Waals surface area (Å²) in [5, 5.41) is 7.96. The van der Waals surface area contributed by atoms with Crippen molar-refractivity contribution in [1.82, 2.24) is 5.32 Å². The molecule has 2 rings (SSSR count). The van der Waals surface area contributed by atoms with Crippen molar-refractivity contribution in [3.63, 3.8) is 0 Å². The average molecular weight is 384 g/mol. The zero-order chi connectivity index (χ0) is 19.3. The number of sulfonamides is 1. The number of carbonyl (C=O) groups excluding carboxylic acids is 2. The first kappa shape index (κ1) is 20.2. The Morgan fingerprint density at radius 2 is 1.88 bits per heavy atom. The first-order chi connectivity index (χ1) is 12.2. The van der Waals surface area contributed by atoms with Gasteiger partial charge in [0.25, 0.3) is 5.91 Å². The van der Waals surface area contributed by atoms with Gasteiger partial charge in [-0.05, 0) is 38.0 Å². The molecule has 0 saturated heterocycles. The topological polar surface area (TPSA) is 125 Å². The van der Waals surface area contributed by atoms with Crippen LogP contribution in [0.25, 0.3) is 0 Å². The molecule has 9 heteroatoms. The normalized spacial score (nSPS) is 16.6. The Bertz CT molecular complexity index is 771. The lowest BCUT2D eigenvalue weighted by molar-refractivity contribution is -0.130. The van der Waals surface area contributed by atoms with E-state index in [1.807, 2.05) is 0 Å². The summed E-state index contributed by atoms with van der Waals surface area (Å²) in [4.78, 5) is 24.4. The van der Waals surface area contributed by atoms with Crippen LogP contribution in [-0.2, 0) is 19.6 Å². The molecule has 0 bridgehead atoms. The van der Waals surface area contributed by atoms with Gasteiger partial charge < -0.3 is 14.8 Å². The molecule has 0 heterocycles. The van der Waals surface area contributed by atoms with Crippen LogP contribution in [0.3, 0.4) is 0 Å². The Kier molecular flexibility index (Phi) is 6.60. The van der Waals surface area contributed by atoms with Gasteiger partial charge in [-0.1, -0.05) is 19.3 Å². The van der Waals surface area contributed by atoms with Gasteiger partial charge in [0, 0.05) is 6.04 Å². The molecule has 26 heavy (non-hydrogen) atoms. The zero-order valence-electron chi connectivity index (χ0n) is 14.9. The zero-order valence-corrected chi connectivity index (χ0v) is 15.7. The smallest absolute Gasteiger partial charge is 0.342 e. The van der Waals surface area contributed by atoms with E-state index in [0.29, 0.717) is 0 Å². The van der Waals surface area contributed by atoms with E-state index in [9.17, 15) is 18.0 Å².